The highest BCUT2D eigenvalue weighted by atomic mass is 32.1. The molecule has 4 aromatic rings. The van der Waals surface area contributed by atoms with Crippen LogP contribution in [0.15, 0.2) is 59.0 Å². The summed E-state index contributed by atoms with van der Waals surface area (Å²) < 4.78 is 17.6. The van der Waals surface area contributed by atoms with Gasteiger partial charge in [0.25, 0.3) is 0 Å². The SMILES string of the molecule is COc1ccc(C(C#N)=Cc2ccc(-c3nc4ccccc4s3)o2)cc1OC. The molecule has 28 heavy (non-hydrogen) atoms. The zero-order valence-corrected chi connectivity index (χ0v) is 16.1. The summed E-state index contributed by atoms with van der Waals surface area (Å²) in [5.41, 5.74) is 2.13. The van der Waals surface area contributed by atoms with Gasteiger partial charge in [-0.05, 0) is 54.1 Å². The van der Waals surface area contributed by atoms with E-state index in [0.29, 0.717) is 28.6 Å². The number of aromatic nitrogens is 1. The van der Waals surface area contributed by atoms with E-state index in [1.54, 1.807) is 43.8 Å². The van der Waals surface area contributed by atoms with Crippen LogP contribution in [0, 0.1) is 11.3 Å². The minimum Gasteiger partial charge on any atom is -0.493 e. The van der Waals surface area contributed by atoms with Crippen molar-refractivity contribution in [3.63, 3.8) is 0 Å². The van der Waals surface area contributed by atoms with Crippen molar-refractivity contribution in [2.45, 2.75) is 0 Å². The van der Waals surface area contributed by atoms with Gasteiger partial charge in [-0.1, -0.05) is 12.1 Å². The van der Waals surface area contributed by atoms with Crippen molar-refractivity contribution in [2.75, 3.05) is 14.2 Å². The number of hydrogen-bond donors (Lipinski definition) is 0. The van der Waals surface area contributed by atoms with Gasteiger partial charge in [-0.3, -0.25) is 0 Å². The Morgan fingerprint density at radius 3 is 2.64 bits per heavy atom. The average molecular weight is 388 g/mol. The second-order valence-corrected chi connectivity index (χ2v) is 6.96. The monoisotopic (exact) mass is 388 g/mol. The van der Waals surface area contributed by atoms with Gasteiger partial charge in [0.05, 0.1) is 36.1 Å². The zero-order chi connectivity index (χ0) is 19.5. The maximum Gasteiger partial charge on any atom is 0.163 e. The van der Waals surface area contributed by atoms with Crippen molar-refractivity contribution in [1.29, 1.82) is 5.26 Å². The number of nitriles is 1. The van der Waals surface area contributed by atoms with E-state index in [2.05, 4.69) is 11.1 Å². The third-order valence-corrected chi connectivity index (χ3v) is 5.28. The Balaban J connectivity index is 1.67. The van der Waals surface area contributed by atoms with Gasteiger partial charge in [0.15, 0.2) is 22.3 Å². The molecule has 0 aliphatic heterocycles. The molecule has 5 nitrogen and oxygen atoms in total. The van der Waals surface area contributed by atoms with E-state index < -0.39 is 0 Å². The van der Waals surface area contributed by atoms with Gasteiger partial charge in [-0.25, -0.2) is 4.98 Å². The third-order valence-electron chi connectivity index (χ3n) is 4.23. The predicted molar refractivity (Wildman–Crippen MR) is 110 cm³/mol. The van der Waals surface area contributed by atoms with Crippen LogP contribution < -0.4 is 9.47 Å². The molecule has 0 amide bonds. The Kier molecular flexibility index (Phi) is 4.83. The third kappa shape index (κ3) is 3.36. The second-order valence-electron chi connectivity index (χ2n) is 5.93. The molecule has 0 fully saturated rings. The second kappa shape index (κ2) is 7.59. The number of allylic oxidation sites excluding steroid dienone is 1. The summed E-state index contributed by atoms with van der Waals surface area (Å²) in [4.78, 5) is 4.60. The molecule has 6 heteroatoms. The van der Waals surface area contributed by atoms with Crippen LogP contribution in [-0.2, 0) is 0 Å². The highest BCUT2D eigenvalue weighted by Crippen LogP contribution is 2.33. The molecule has 0 radical (unpaired) electrons. The molecule has 0 aliphatic carbocycles. The van der Waals surface area contributed by atoms with Gasteiger partial charge in [0, 0.05) is 0 Å². The van der Waals surface area contributed by atoms with Crippen LogP contribution in [0.25, 0.3) is 32.6 Å². The topological polar surface area (TPSA) is 68.3 Å². The molecule has 0 bridgehead atoms. The summed E-state index contributed by atoms with van der Waals surface area (Å²) in [7, 11) is 3.14. The first-order chi connectivity index (χ1) is 13.7. The molecule has 0 saturated carbocycles. The molecule has 138 valence electrons. The van der Waals surface area contributed by atoms with Crippen LogP contribution in [0.3, 0.4) is 0 Å². The molecule has 4 rings (SSSR count). The number of fused-ring (bicyclic) bond motifs is 1. The number of rotatable bonds is 5. The van der Waals surface area contributed by atoms with Crippen molar-refractivity contribution in [3.05, 3.63) is 65.9 Å². The standard InChI is InChI=1S/C22H16N2O3S/c1-25-18-9-7-14(12-20(18)26-2)15(13-23)11-16-8-10-19(27-16)22-24-17-5-3-4-6-21(17)28-22/h3-12H,1-2H3. The Morgan fingerprint density at radius 1 is 1.07 bits per heavy atom. The smallest absolute Gasteiger partial charge is 0.163 e. The molecule has 2 aromatic heterocycles. The van der Waals surface area contributed by atoms with Gasteiger partial charge in [0.1, 0.15) is 5.76 Å². The van der Waals surface area contributed by atoms with Gasteiger partial charge in [-0.15, -0.1) is 11.3 Å². The van der Waals surface area contributed by atoms with Crippen molar-refractivity contribution in [3.8, 4) is 28.3 Å². The fourth-order valence-corrected chi connectivity index (χ4v) is 3.78. The molecule has 0 aliphatic rings. The van der Waals surface area contributed by atoms with Crippen molar-refractivity contribution in [2.24, 2.45) is 0 Å². The first-order valence-corrected chi connectivity index (χ1v) is 9.33. The summed E-state index contributed by atoms with van der Waals surface area (Å²) in [6.45, 7) is 0. The largest absolute Gasteiger partial charge is 0.493 e. The lowest BCUT2D eigenvalue weighted by atomic mass is 10.1. The van der Waals surface area contributed by atoms with Crippen LogP contribution in [0.2, 0.25) is 0 Å². The molecule has 0 N–H and O–H groups in total. The number of benzene rings is 2. The maximum atomic E-state index is 9.61. The van der Waals surface area contributed by atoms with E-state index in [1.165, 1.54) is 0 Å². The van der Waals surface area contributed by atoms with E-state index in [1.807, 2.05) is 42.5 Å². The van der Waals surface area contributed by atoms with Crippen LogP contribution in [0.1, 0.15) is 11.3 Å². The summed E-state index contributed by atoms with van der Waals surface area (Å²) in [5, 5.41) is 10.4. The van der Waals surface area contributed by atoms with Crippen LogP contribution in [-0.4, -0.2) is 19.2 Å². The number of nitrogens with zero attached hydrogens (tertiary/aromatic N) is 2. The van der Waals surface area contributed by atoms with E-state index in [9.17, 15) is 5.26 Å². The van der Waals surface area contributed by atoms with Crippen LogP contribution in [0.4, 0.5) is 0 Å². The van der Waals surface area contributed by atoms with Gasteiger partial charge >= 0.3 is 0 Å². The molecule has 0 atom stereocenters. The fourth-order valence-electron chi connectivity index (χ4n) is 2.85. The number of hydrogen-bond acceptors (Lipinski definition) is 6. The fraction of sp³-hybridized carbons (Fsp3) is 0.0909. The molecule has 2 aromatic carbocycles. The quantitative estimate of drug-likeness (QED) is 0.414. The van der Waals surface area contributed by atoms with Crippen molar-refractivity contribution in [1.82, 2.24) is 4.98 Å². The minimum absolute atomic E-state index is 0.464. The van der Waals surface area contributed by atoms with Crippen LogP contribution >= 0.6 is 11.3 Å². The maximum absolute atomic E-state index is 9.61. The number of para-hydroxylation sites is 1. The van der Waals surface area contributed by atoms with E-state index in [-0.39, 0.29) is 0 Å². The lowest BCUT2D eigenvalue weighted by molar-refractivity contribution is 0.355. The Bertz CT molecular complexity index is 1180. The Hall–Kier alpha value is -3.56. The molecule has 0 unspecified atom stereocenters. The molecule has 2 heterocycles. The lowest BCUT2D eigenvalue weighted by Gasteiger charge is -2.08. The molecule has 0 spiro atoms. The van der Waals surface area contributed by atoms with Crippen LogP contribution in [0.5, 0.6) is 11.5 Å². The van der Waals surface area contributed by atoms with Crippen molar-refractivity contribution < 1.29 is 13.9 Å². The van der Waals surface area contributed by atoms with E-state index in [0.717, 1.165) is 20.8 Å². The summed E-state index contributed by atoms with van der Waals surface area (Å²) in [5.74, 6) is 2.44. The Morgan fingerprint density at radius 2 is 1.89 bits per heavy atom. The summed E-state index contributed by atoms with van der Waals surface area (Å²) in [6.07, 6.45) is 1.71. The lowest BCUT2D eigenvalue weighted by Crippen LogP contribution is -1.92. The van der Waals surface area contributed by atoms with E-state index >= 15 is 0 Å². The summed E-state index contributed by atoms with van der Waals surface area (Å²) >= 11 is 1.57. The van der Waals surface area contributed by atoms with Crippen molar-refractivity contribution >= 4 is 33.2 Å². The van der Waals surface area contributed by atoms with Gasteiger partial charge in [0.2, 0.25) is 0 Å². The average Bonchev–Trinajstić information content (AvgIpc) is 3.38. The highest BCUT2D eigenvalue weighted by Gasteiger charge is 2.12. The first-order valence-electron chi connectivity index (χ1n) is 8.52. The first kappa shape index (κ1) is 17.8. The predicted octanol–water partition coefficient (Wildman–Crippen LogP) is 5.64. The molecular weight excluding hydrogens is 372 g/mol. The Labute approximate surface area is 166 Å². The normalized spacial score (nSPS) is 11.4. The molecule has 0 saturated heterocycles. The van der Waals surface area contributed by atoms with Gasteiger partial charge in [-0.2, -0.15) is 5.26 Å². The highest BCUT2D eigenvalue weighted by molar-refractivity contribution is 7.21. The zero-order valence-electron chi connectivity index (χ0n) is 15.3. The number of methoxy groups -OCH3 is 2. The minimum atomic E-state index is 0.464. The number of thiazole rings is 1. The van der Waals surface area contributed by atoms with E-state index in [4.69, 9.17) is 13.9 Å². The van der Waals surface area contributed by atoms with Gasteiger partial charge < -0.3 is 13.9 Å². The number of ether oxygens (including phenoxy) is 2. The number of furan rings is 1. The summed E-state index contributed by atoms with van der Waals surface area (Å²) in [6, 6.07) is 19.2. The molecular formula is C22H16N2O3S.